The number of rotatable bonds is 6. The van der Waals surface area contributed by atoms with Gasteiger partial charge in [-0.2, -0.15) is 0 Å². The maximum atomic E-state index is 12.4. The van der Waals surface area contributed by atoms with Crippen LogP contribution < -0.4 is 10.6 Å². The second kappa shape index (κ2) is 9.76. The van der Waals surface area contributed by atoms with Crippen molar-refractivity contribution in [2.24, 2.45) is 0 Å². The van der Waals surface area contributed by atoms with Crippen LogP contribution in [0.25, 0.3) is 0 Å². The number of urea groups is 1. The van der Waals surface area contributed by atoms with Crippen LogP contribution in [0.4, 0.5) is 13.6 Å². The molecule has 2 rings (SSSR count). The van der Waals surface area contributed by atoms with Gasteiger partial charge in [0.2, 0.25) is 5.91 Å². The van der Waals surface area contributed by atoms with E-state index in [2.05, 4.69) is 10.6 Å². The van der Waals surface area contributed by atoms with Crippen LogP contribution in [0.2, 0.25) is 0 Å². The van der Waals surface area contributed by atoms with Crippen molar-refractivity contribution in [3.05, 3.63) is 0 Å². The van der Waals surface area contributed by atoms with Gasteiger partial charge in [0.1, 0.15) is 0 Å². The van der Waals surface area contributed by atoms with E-state index >= 15 is 0 Å². The van der Waals surface area contributed by atoms with Gasteiger partial charge in [-0.05, 0) is 19.3 Å². The van der Waals surface area contributed by atoms with Crippen molar-refractivity contribution < 1.29 is 18.4 Å². The Bertz CT molecular complexity index is 417. The molecule has 2 fully saturated rings. The van der Waals surface area contributed by atoms with Crippen LogP contribution in [0.15, 0.2) is 0 Å². The highest BCUT2D eigenvalue weighted by Gasteiger charge is 2.21. The first-order chi connectivity index (χ1) is 11.5. The Morgan fingerprint density at radius 2 is 1.79 bits per heavy atom. The molecule has 8 heteroatoms. The van der Waals surface area contributed by atoms with E-state index in [-0.39, 0.29) is 24.9 Å². The standard InChI is InChI=1S/C16H28F2N4O2/c17-14(18)12-21-8-3-9-22(11-10-21)16(24)19-7-6-15(23)20-13-4-1-2-5-13/h13-14H,1-12H2,(H,19,24)(H,20,23). The summed E-state index contributed by atoms with van der Waals surface area (Å²) < 4.78 is 24.8. The Hall–Kier alpha value is -1.44. The van der Waals surface area contributed by atoms with E-state index in [1.165, 1.54) is 12.8 Å². The zero-order chi connectivity index (χ0) is 17.4. The van der Waals surface area contributed by atoms with Crippen LogP contribution >= 0.6 is 0 Å². The highest BCUT2D eigenvalue weighted by Crippen LogP contribution is 2.17. The average Bonchev–Trinajstić information content (AvgIpc) is 2.91. The third kappa shape index (κ3) is 6.59. The summed E-state index contributed by atoms with van der Waals surface area (Å²) in [6.45, 7) is 2.09. The summed E-state index contributed by atoms with van der Waals surface area (Å²) in [5.74, 6) is -0.0267. The van der Waals surface area contributed by atoms with Gasteiger partial charge < -0.3 is 15.5 Å². The number of amides is 3. The van der Waals surface area contributed by atoms with Crippen LogP contribution in [0.3, 0.4) is 0 Å². The number of hydrogen-bond acceptors (Lipinski definition) is 3. The summed E-state index contributed by atoms with van der Waals surface area (Å²) in [4.78, 5) is 27.3. The summed E-state index contributed by atoms with van der Waals surface area (Å²) in [5, 5.41) is 5.74. The molecule has 2 N–H and O–H groups in total. The normalized spacial score (nSPS) is 20.2. The lowest BCUT2D eigenvalue weighted by Crippen LogP contribution is -2.43. The molecule has 24 heavy (non-hydrogen) atoms. The first-order valence-electron chi connectivity index (χ1n) is 8.87. The van der Waals surface area contributed by atoms with Crippen molar-refractivity contribution in [2.45, 2.75) is 51.0 Å². The van der Waals surface area contributed by atoms with Gasteiger partial charge in [0.05, 0.1) is 6.54 Å². The molecule has 1 aliphatic carbocycles. The number of hydrogen-bond donors (Lipinski definition) is 2. The molecule has 0 bridgehead atoms. The van der Waals surface area contributed by atoms with E-state index in [4.69, 9.17) is 0 Å². The summed E-state index contributed by atoms with van der Waals surface area (Å²) in [5.41, 5.74) is 0. The van der Waals surface area contributed by atoms with Gasteiger partial charge in [0.15, 0.2) is 0 Å². The smallest absolute Gasteiger partial charge is 0.317 e. The Balaban J connectivity index is 1.62. The topological polar surface area (TPSA) is 64.7 Å². The zero-order valence-corrected chi connectivity index (χ0v) is 14.1. The van der Waals surface area contributed by atoms with E-state index < -0.39 is 6.43 Å². The summed E-state index contributed by atoms with van der Waals surface area (Å²) in [6, 6.07) is 0.0715. The molecule has 1 heterocycles. The lowest BCUT2D eigenvalue weighted by atomic mass is 10.2. The molecule has 1 aliphatic heterocycles. The third-order valence-electron chi connectivity index (χ3n) is 4.62. The second-order valence-electron chi connectivity index (χ2n) is 6.56. The molecule has 0 aromatic carbocycles. The molecule has 3 amide bonds. The van der Waals surface area contributed by atoms with Gasteiger partial charge in [-0.25, -0.2) is 13.6 Å². The van der Waals surface area contributed by atoms with Gasteiger partial charge >= 0.3 is 6.03 Å². The number of halogens is 2. The summed E-state index contributed by atoms with van der Waals surface area (Å²) >= 11 is 0. The molecule has 1 saturated heterocycles. The van der Waals surface area contributed by atoms with E-state index in [9.17, 15) is 18.4 Å². The number of carbonyl (C=O) groups is 2. The van der Waals surface area contributed by atoms with Crippen molar-refractivity contribution in [3.8, 4) is 0 Å². The predicted octanol–water partition coefficient (Wildman–Crippen LogP) is 1.42. The molecule has 0 spiro atoms. The van der Waals surface area contributed by atoms with Crippen LogP contribution in [0, 0.1) is 0 Å². The fourth-order valence-electron chi connectivity index (χ4n) is 3.32. The molecular weight excluding hydrogens is 318 g/mol. The molecule has 6 nitrogen and oxygen atoms in total. The van der Waals surface area contributed by atoms with E-state index in [1.54, 1.807) is 9.80 Å². The van der Waals surface area contributed by atoms with Crippen molar-refractivity contribution >= 4 is 11.9 Å². The minimum atomic E-state index is -2.34. The Morgan fingerprint density at radius 3 is 2.50 bits per heavy atom. The van der Waals surface area contributed by atoms with Crippen LogP contribution in [-0.4, -0.2) is 73.5 Å². The molecule has 0 aromatic heterocycles. The highest BCUT2D eigenvalue weighted by molar-refractivity contribution is 5.78. The van der Waals surface area contributed by atoms with E-state index in [1.807, 2.05) is 0 Å². The van der Waals surface area contributed by atoms with Crippen molar-refractivity contribution in [1.82, 2.24) is 20.4 Å². The number of nitrogens with zero attached hydrogens (tertiary/aromatic N) is 2. The lowest BCUT2D eigenvalue weighted by Gasteiger charge is -2.22. The van der Waals surface area contributed by atoms with E-state index in [0.717, 1.165) is 12.8 Å². The maximum absolute atomic E-state index is 12.4. The number of carbonyl (C=O) groups excluding carboxylic acids is 2. The van der Waals surface area contributed by atoms with Gasteiger partial charge in [0, 0.05) is 45.2 Å². The third-order valence-corrected chi connectivity index (χ3v) is 4.62. The quantitative estimate of drug-likeness (QED) is 0.764. The second-order valence-corrected chi connectivity index (χ2v) is 6.56. The first-order valence-corrected chi connectivity index (χ1v) is 8.87. The first kappa shape index (κ1) is 18.9. The predicted molar refractivity (Wildman–Crippen MR) is 87.0 cm³/mol. The molecule has 0 aromatic rings. The Labute approximate surface area is 141 Å². The molecular formula is C16H28F2N4O2. The van der Waals surface area contributed by atoms with Gasteiger partial charge in [0.25, 0.3) is 6.43 Å². The molecule has 138 valence electrons. The number of nitrogens with one attached hydrogen (secondary N) is 2. The van der Waals surface area contributed by atoms with Gasteiger partial charge in [-0.15, -0.1) is 0 Å². The fraction of sp³-hybridized carbons (Fsp3) is 0.875. The SMILES string of the molecule is O=C(CCNC(=O)N1CCCN(CC(F)F)CC1)NC1CCCC1. The summed E-state index contributed by atoms with van der Waals surface area (Å²) in [6.07, 6.45) is 3.03. The lowest BCUT2D eigenvalue weighted by molar-refractivity contribution is -0.121. The fourth-order valence-corrected chi connectivity index (χ4v) is 3.32. The maximum Gasteiger partial charge on any atom is 0.317 e. The summed E-state index contributed by atoms with van der Waals surface area (Å²) in [7, 11) is 0. The monoisotopic (exact) mass is 346 g/mol. The van der Waals surface area contributed by atoms with Crippen LogP contribution in [-0.2, 0) is 4.79 Å². The minimum Gasteiger partial charge on any atom is -0.353 e. The Morgan fingerprint density at radius 1 is 1.04 bits per heavy atom. The van der Waals surface area contributed by atoms with Crippen molar-refractivity contribution in [1.29, 1.82) is 0 Å². The van der Waals surface area contributed by atoms with Crippen molar-refractivity contribution in [2.75, 3.05) is 39.3 Å². The van der Waals surface area contributed by atoms with Gasteiger partial charge in [-0.3, -0.25) is 9.69 Å². The number of alkyl halides is 2. The molecule has 0 unspecified atom stereocenters. The largest absolute Gasteiger partial charge is 0.353 e. The zero-order valence-electron chi connectivity index (χ0n) is 14.1. The van der Waals surface area contributed by atoms with Crippen LogP contribution in [0.1, 0.15) is 38.5 Å². The van der Waals surface area contributed by atoms with Crippen LogP contribution in [0.5, 0.6) is 0 Å². The van der Waals surface area contributed by atoms with Crippen molar-refractivity contribution in [3.63, 3.8) is 0 Å². The molecule has 0 atom stereocenters. The molecule has 2 aliphatic rings. The average molecular weight is 346 g/mol. The van der Waals surface area contributed by atoms with E-state index in [0.29, 0.717) is 45.2 Å². The highest BCUT2D eigenvalue weighted by atomic mass is 19.3. The Kier molecular flexibility index (Phi) is 7.68. The molecule has 1 saturated carbocycles. The minimum absolute atomic E-state index is 0.0267. The molecule has 0 radical (unpaired) electrons. The van der Waals surface area contributed by atoms with Gasteiger partial charge in [-0.1, -0.05) is 12.8 Å².